The van der Waals surface area contributed by atoms with Crippen LogP contribution in [0.1, 0.15) is 24.8 Å². The first-order chi connectivity index (χ1) is 13.1. The van der Waals surface area contributed by atoms with Crippen molar-refractivity contribution >= 4 is 5.91 Å². The summed E-state index contributed by atoms with van der Waals surface area (Å²) in [5.41, 5.74) is 2.08. The average molecular weight is 370 g/mol. The molecule has 27 heavy (non-hydrogen) atoms. The zero-order valence-corrected chi connectivity index (χ0v) is 15.8. The Balaban J connectivity index is 1.51. The first-order valence-electron chi connectivity index (χ1n) is 9.58. The van der Waals surface area contributed by atoms with Crippen LogP contribution in [0.15, 0.2) is 48.5 Å². The minimum absolute atomic E-state index is 0.0659. The molecule has 4 nitrogen and oxygen atoms in total. The Kier molecular flexibility index (Phi) is 6.96. The van der Waals surface area contributed by atoms with Crippen LogP contribution in [0.4, 0.5) is 4.39 Å². The van der Waals surface area contributed by atoms with Gasteiger partial charge in [-0.3, -0.25) is 9.69 Å². The Morgan fingerprint density at radius 2 is 1.93 bits per heavy atom. The molecule has 1 heterocycles. The van der Waals surface area contributed by atoms with Crippen LogP contribution in [0.5, 0.6) is 0 Å². The second-order valence-corrected chi connectivity index (χ2v) is 6.93. The van der Waals surface area contributed by atoms with Gasteiger partial charge in [-0.1, -0.05) is 42.5 Å². The van der Waals surface area contributed by atoms with E-state index >= 15 is 0 Å². The zero-order chi connectivity index (χ0) is 19.1. The fourth-order valence-corrected chi connectivity index (χ4v) is 3.30. The highest BCUT2D eigenvalue weighted by atomic mass is 19.1. The van der Waals surface area contributed by atoms with Gasteiger partial charge in [0.1, 0.15) is 5.82 Å². The van der Waals surface area contributed by atoms with Crippen LogP contribution in [0.3, 0.4) is 0 Å². The molecule has 2 aromatic rings. The number of carbonyl (C=O) groups excluding carboxylic acids is 1. The molecule has 1 aliphatic heterocycles. The van der Waals surface area contributed by atoms with Gasteiger partial charge in [-0.05, 0) is 37.1 Å². The fourth-order valence-electron chi connectivity index (χ4n) is 3.30. The van der Waals surface area contributed by atoms with E-state index < -0.39 is 0 Å². The lowest BCUT2D eigenvalue weighted by Crippen LogP contribution is -2.38. The maximum atomic E-state index is 14.5. The molecule has 0 aliphatic carbocycles. The Hall–Kier alpha value is -2.24. The molecule has 0 spiro atoms. The van der Waals surface area contributed by atoms with E-state index in [0.29, 0.717) is 17.7 Å². The van der Waals surface area contributed by atoms with E-state index in [1.54, 1.807) is 6.07 Å². The highest BCUT2D eigenvalue weighted by Gasteiger charge is 2.17. The number of carbonyl (C=O) groups is 1. The molecule has 0 unspecified atom stereocenters. The van der Waals surface area contributed by atoms with E-state index in [0.717, 1.165) is 44.8 Å². The molecule has 1 aliphatic rings. The Morgan fingerprint density at radius 3 is 2.63 bits per heavy atom. The average Bonchev–Trinajstić information content (AvgIpc) is 2.72. The summed E-state index contributed by atoms with van der Waals surface area (Å²) in [6.45, 7) is 6.88. The SMILES string of the molecule is C[C@@H](C(=O)NCCCN1CCOCC1)c1ccc(-c2ccccc2)c(F)c1. The standard InChI is InChI=1S/C22H27FN2O2/c1-17(22(26)24-10-5-11-25-12-14-27-15-13-25)19-8-9-20(21(23)16-19)18-6-3-2-4-7-18/h2-4,6-9,16-17H,5,10-15H2,1H3,(H,24,26)/t17-/m1/s1. The Labute approximate surface area is 160 Å². The molecule has 1 saturated heterocycles. The van der Waals surface area contributed by atoms with Crippen LogP contribution in [0, 0.1) is 5.82 Å². The molecule has 1 fully saturated rings. The molecule has 0 aromatic heterocycles. The monoisotopic (exact) mass is 370 g/mol. The lowest BCUT2D eigenvalue weighted by molar-refractivity contribution is -0.122. The minimum atomic E-state index is -0.382. The summed E-state index contributed by atoms with van der Waals surface area (Å²) >= 11 is 0. The summed E-state index contributed by atoms with van der Waals surface area (Å²) in [4.78, 5) is 14.7. The molecule has 0 radical (unpaired) electrons. The van der Waals surface area contributed by atoms with Gasteiger partial charge in [-0.25, -0.2) is 4.39 Å². The van der Waals surface area contributed by atoms with Gasteiger partial charge in [0.25, 0.3) is 0 Å². The number of amides is 1. The van der Waals surface area contributed by atoms with Crippen molar-refractivity contribution in [3.63, 3.8) is 0 Å². The van der Waals surface area contributed by atoms with E-state index in [4.69, 9.17) is 4.74 Å². The van der Waals surface area contributed by atoms with Gasteiger partial charge in [0.2, 0.25) is 5.91 Å². The largest absolute Gasteiger partial charge is 0.379 e. The molecule has 1 amide bonds. The third kappa shape index (κ3) is 5.37. The number of nitrogens with zero attached hydrogens (tertiary/aromatic N) is 1. The minimum Gasteiger partial charge on any atom is -0.379 e. The Morgan fingerprint density at radius 1 is 1.19 bits per heavy atom. The van der Waals surface area contributed by atoms with Crippen molar-refractivity contribution in [1.29, 1.82) is 0 Å². The topological polar surface area (TPSA) is 41.6 Å². The normalized spacial score (nSPS) is 16.1. The third-order valence-corrected chi connectivity index (χ3v) is 5.03. The van der Waals surface area contributed by atoms with Crippen LogP contribution >= 0.6 is 0 Å². The zero-order valence-electron chi connectivity index (χ0n) is 15.8. The highest BCUT2D eigenvalue weighted by molar-refractivity contribution is 5.83. The molecule has 2 aromatic carbocycles. The van der Waals surface area contributed by atoms with Crippen LogP contribution in [-0.2, 0) is 9.53 Å². The maximum absolute atomic E-state index is 14.5. The molecule has 5 heteroatoms. The first kappa shape index (κ1) is 19.5. The summed E-state index contributed by atoms with van der Waals surface area (Å²) in [5.74, 6) is -0.748. The summed E-state index contributed by atoms with van der Waals surface area (Å²) in [5, 5.41) is 2.97. The van der Waals surface area contributed by atoms with Crippen molar-refractivity contribution in [2.45, 2.75) is 19.3 Å². The molecule has 144 valence electrons. The molecule has 3 rings (SSSR count). The van der Waals surface area contributed by atoms with Gasteiger partial charge < -0.3 is 10.1 Å². The van der Waals surface area contributed by atoms with Crippen molar-refractivity contribution in [3.8, 4) is 11.1 Å². The van der Waals surface area contributed by atoms with E-state index in [9.17, 15) is 9.18 Å². The molecule has 0 saturated carbocycles. The van der Waals surface area contributed by atoms with Crippen LogP contribution in [0.25, 0.3) is 11.1 Å². The molecule has 0 bridgehead atoms. The maximum Gasteiger partial charge on any atom is 0.227 e. The van der Waals surface area contributed by atoms with E-state index in [2.05, 4.69) is 10.2 Å². The van der Waals surface area contributed by atoms with Crippen molar-refractivity contribution in [3.05, 3.63) is 59.9 Å². The smallest absolute Gasteiger partial charge is 0.227 e. The number of nitrogens with one attached hydrogen (secondary N) is 1. The number of rotatable bonds is 7. The van der Waals surface area contributed by atoms with Gasteiger partial charge >= 0.3 is 0 Å². The van der Waals surface area contributed by atoms with Crippen molar-refractivity contribution < 1.29 is 13.9 Å². The summed E-state index contributed by atoms with van der Waals surface area (Å²) in [7, 11) is 0. The van der Waals surface area contributed by atoms with Gasteiger partial charge in [0, 0.05) is 25.2 Å². The van der Waals surface area contributed by atoms with Crippen molar-refractivity contribution in [2.75, 3.05) is 39.4 Å². The quantitative estimate of drug-likeness (QED) is 0.759. The van der Waals surface area contributed by atoms with Gasteiger partial charge in [-0.15, -0.1) is 0 Å². The van der Waals surface area contributed by atoms with Crippen LogP contribution in [0.2, 0.25) is 0 Å². The van der Waals surface area contributed by atoms with Gasteiger partial charge in [0.15, 0.2) is 0 Å². The highest BCUT2D eigenvalue weighted by Crippen LogP contribution is 2.26. The second-order valence-electron chi connectivity index (χ2n) is 6.93. The van der Waals surface area contributed by atoms with Gasteiger partial charge in [-0.2, -0.15) is 0 Å². The Bertz CT molecular complexity index is 745. The number of hydrogen-bond donors (Lipinski definition) is 1. The number of benzene rings is 2. The van der Waals surface area contributed by atoms with Crippen molar-refractivity contribution in [2.24, 2.45) is 0 Å². The predicted octanol–water partition coefficient (Wildman–Crippen LogP) is 3.43. The lowest BCUT2D eigenvalue weighted by Gasteiger charge is -2.26. The molecular formula is C22H27FN2O2. The number of morpholine rings is 1. The fraction of sp³-hybridized carbons (Fsp3) is 0.409. The van der Waals surface area contributed by atoms with E-state index in [-0.39, 0.29) is 17.6 Å². The third-order valence-electron chi connectivity index (χ3n) is 5.03. The van der Waals surface area contributed by atoms with Crippen molar-refractivity contribution in [1.82, 2.24) is 10.2 Å². The van der Waals surface area contributed by atoms with E-state index in [1.807, 2.05) is 43.3 Å². The molecule has 1 N–H and O–H groups in total. The molecule has 1 atom stereocenters. The lowest BCUT2D eigenvalue weighted by atomic mass is 9.96. The summed E-state index contributed by atoms with van der Waals surface area (Å²) in [6.07, 6.45) is 0.903. The number of hydrogen-bond acceptors (Lipinski definition) is 3. The number of halogens is 1. The summed E-state index contributed by atoms with van der Waals surface area (Å²) in [6, 6.07) is 14.5. The number of ether oxygens (including phenoxy) is 1. The second kappa shape index (κ2) is 9.62. The molecular weight excluding hydrogens is 343 g/mol. The van der Waals surface area contributed by atoms with Crippen LogP contribution < -0.4 is 5.32 Å². The van der Waals surface area contributed by atoms with E-state index in [1.165, 1.54) is 6.07 Å². The first-order valence-corrected chi connectivity index (χ1v) is 9.58. The van der Waals surface area contributed by atoms with Crippen LogP contribution in [-0.4, -0.2) is 50.2 Å². The predicted molar refractivity (Wildman–Crippen MR) is 105 cm³/mol. The van der Waals surface area contributed by atoms with Gasteiger partial charge in [0.05, 0.1) is 19.1 Å². The summed E-state index contributed by atoms with van der Waals surface area (Å²) < 4.78 is 19.9.